The zero-order valence-electron chi connectivity index (χ0n) is 30.3. The Kier molecular flexibility index (Phi) is 10.4. The van der Waals surface area contributed by atoms with E-state index in [9.17, 15) is 4.79 Å². The number of allylic oxidation sites excluding steroid dienone is 2. The Morgan fingerprint density at radius 1 is 1.20 bits per heavy atom. The first-order valence-corrected chi connectivity index (χ1v) is 18.2. The average molecular weight is 705 g/mol. The highest BCUT2D eigenvalue weighted by Crippen LogP contribution is 2.38. The Labute approximate surface area is 300 Å². The van der Waals surface area contributed by atoms with Crippen LogP contribution in [0.2, 0.25) is 5.02 Å². The predicted molar refractivity (Wildman–Crippen MR) is 197 cm³/mol. The molecule has 268 valence electrons. The number of hydrogen-bond donors (Lipinski definition) is 0. The van der Waals surface area contributed by atoms with Crippen LogP contribution < -0.4 is 9.64 Å². The van der Waals surface area contributed by atoms with Crippen LogP contribution in [0.4, 0.5) is 15.0 Å². The summed E-state index contributed by atoms with van der Waals surface area (Å²) in [4.78, 5) is 33.9. The third kappa shape index (κ3) is 7.33. The number of piperazine rings is 1. The van der Waals surface area contributed by atoms with E-state index >= 15 is 4.39 Å². The van der Waals surface area contributed by atoms with Gasteiger partial charge in [0.15, 0.2) is 5.82 Å². The summed E-state index contributed by atoms with van der Waals surface area (Å²) >= 11 is 6.69. The molecular formula is C39H50ClFN6O3. The highest BCUT2D eigenvalue weighted by atomic mass is 35.5. The van der Waals surface area contributed by atoms with Crippen molar-refractivity contribution < 1.29 is 18.7 Å². The van der Waals surface area contributed by atoms with Crippen LogP contribution in [0, 0.1) is 5.82 Å². The molecule has 0 spiro atoms. The average Bonchev–Trinajstić information content (AvgIpc) is 3.56. The molecule has 3 aliphatic rings. The molecule has 1 aromatic carbocycles. The monoisotopic (exact) mass is 704 g/mol. The third-order valence-electron chi connectivity index (χ3n) is 10.4. The molecule has 11 heteroatoms. The van der Waals surface area contributed by atoms with Crippen LogP contribution in [0.3, 0.4) is 0 Å². The van der Waals surface area contributed by atoms with Crippen molar-refractivity contribution in [3.8, 4) is 6.01 Å². The second kappa shape index (κ2) is 14.5. The van der Waals surface area contributed by atoms with Gasteiger partial charge in [0.1, 0.15) is 23.5 Å². The number of halogens is 2. The van der Waals surface area contributed by atoms with Crippen LogP contribution in [0.5, 0.6) is 6.01 Å². The summed E-state index contributed by atoms with van der Waals surface area (Å²) < 4.78 is 29.0. The van der Waals surface area contributed by atoms with Crippen LogP contribution in [0.1, 0.15) is 90.0 Å². The van der Waals surface area contributed by atoms with Crippen molar-refractivity contribution >= 4 is 40.5 Å². The summed E-state index contributed by atoms with van der Waals surface area (Å²) in [5.74, 6) is 0.0406. The fourth-order valence-electron chi connectivity index (χ4n) is 7.85. The van der Waals surface area contributed by atoms with Crippen LogP contribution in [0.15, 0.2) is 42.6 Å². The lowest BCUT2D eigenvalue weighted by atomic mass is 9.92. The molecule has 3 fully saturated rings. The first-order chi connectivity index (χ1) is 23.8. The number of likely N-dealkylation sites (tertiary alicyclic amines) is 1. The molecule has 2 bridgehead atoms. The van der Waals surface area contributed by atoms with Gasteiger partial charge in [-0.1, -0.05) is 61.4 Å². The van der Waals surface area contributed by atoms with Crippen molar-refractivity contribution in [1.29, 1.82) is 0 Å². The summed E-state index contributed by atoms with van der Waals surface area (Å²) in [7, 11) is 2.14. The summed E-state index contributed by atoms with van der Waals surface area (Å²) in [5, 5.41) is 1.04. The molecule has 2 aromatic heterocycles. The van der Waals surface area contributed by atoms with Gasteiger partial charge in [-0.25, -0.2) is 9.18 Å². The molecule has 3 unspecified atom stereocenters. The molecule has 3 saturated heterocycles. The van der Waals surface area contributed by atoms with E-state index in [-0.39, 0.29) is 47.4 Å². The van der Waals surface area contributed by atoms with Gasteiger partial charge in [0, 0.05) is 30.7 Å². The largest absolute Gasteiger partial charge is 0.461 e. The van der Waals surface area contributed by atoms with Gasteiger partial charge in [-0.15, -0.1) is 0 Å². The van der Waals surface area contributed by atoms with E-state index in [2.05, 4.69) is 35.3 Å². The van der Waals surface area contributed by atoms with Gasteiger partial charge in [-0.3, -0.25) is 14.8 Å². The van der Waals surface area contributed by atoms with Gasteiger partial charge in [0.2, 0.25) is 0 Å². The fraction of sp³-hybridized carbons (Fsp3) is 0.538. The Morgan fingerprint density at radius 3 is 2.58 bits per heavy atom. The van der Waals surface area contributed by atoms with E-state index in [1.807, 2.05) is 50.8 Å². The number of carbonyl (C=O) groups excluding carboxylic acids is 1. The second-order valence-electron chi connectivity index (χ2n) is 15.2. The SMILES string of the molecule is C=C/C(C)=C\c1cccc(Cl)c1Cc1ncc2c(N3CC4CCC(C3)N4C(=O)OC(C)(C)C)nc(OCC3(CCC)CCCN3C)nc2c1F. The maximum absolute atomic E-state index is 16.8. The number of anilines is 1. The second-order valence-corrected chi connectivity index (χ2v) is 15.6. The molecule has 0 aliphatic carbocycles. The van der Waals surface area contributed by atoms with Crippen LogP contribution in [-0.2, 0) is 11.2 Å². The molecule has 0 radical (unpaired) electrons. The zero-order chi connectivity index (χ0) is 35.8. The minimum atomic E-state index is -0.586. The zero-order valence-corrected chi connectivity index (χ0v) is 31.0. The number of fused-ring (bicyclic) bond motifs is 3. The van der Waals surface area contributed by atoms with E-state index in [1.165, 1.54) is 0 Å². The summed E-state index contributed by atoms with van der Waals surface area (Å²) in [6.07, 6.45) is 11.2. The van der Waals surface area contributed by atoms with Gasteiger partial charge in [0.05, 0.1) is 28.7 Å². The number of pyridine rings is 1. The Balaban J connectivity index is 1.39. The normalized spacial score (nSPS) is 22.8. The molecule has 3 atom stereocenters. The number of rotatable bonds is 10. The molecule has 3 aliphatic heterocycles. The molecule has 0 N–H and O–H groups in total. The molecule has 9 nitrogen and oxygen atoms in total. The van der Waals surface area contributed by atoms with E-state index in [0.29, 0.717) is 35.9 Å². The lowest BCUT2D eigenvalue weighted by molar-refractivity contribution is 0.0122. The number of carbonyl (C=O) groups is 1. The highest BCUT2D eigenvalue weighted by Gasteiger charge is 2.45. The van der Waals surface area contributed by atoms with E-state index in [4.69, 9.17) is 31.0 Å². The maximum Gasteiger partial charge on any atom is 0.410 e. The summed E-state index contributed by atoms with van der Waals surface area (Å²) in [6.45, 7) is 16.1. The van der Waals surface area contributed by atoms with E-state index < -0.39 is 11.4 Å². The Bertz CT molecular complexity index is 1780. The first-order valence-electron chi connectivity index (χ1n) is 17.9. The van der Waals surface area contributed by atoms with Crippen LogP contribution >= 0.6 is 11.6 Å². The lowest BCUT2D eigenvalue weighted by Gasteiger charge is -2.42. The number of benzene rings is 1. The molecule has 0 saturated carbocycles. The van der Waals surface area contributed by atoms with Crippen LogP contribution in [0.25, 0.3) is 17.0 Å². The van der Waals surface area contributed by atoms with Crippen molar-refractivity contribution in [2.24, 2.45) is 0 Å². The maximum atomic E-state index is 16.8. The van der Waals surface area contributed by atoms with Gasteiger partial charge < -0.3 is 14.4 Å². The predicted octanol–water partition coefficient (Wildman–Crippen LogP) is 8.23. The summed E-state index contributed by atoms with van der Waals surface area (Å²) in [6, 6.07) is 5.67. The summed E-state index contributed by atoms with van der Waals surface area (Å²) in [5.41, 5.74) is 2.31. The lowest BCUT2D eigenvalue weighted by Crippen LogP contribution is -2.57. The smallest absolute Gasteiger partial charge is 0.410 e. The number of likely N-dealkylation sites (N-methyl/N-ethyl adjacent to an activating group) is 1. The standard InChI is InChI=1S/C39H50ClFN6O3/c1-8-16-39(17-11-18-45(39)7)24-49-36-43-34-30(21-42-32(33(34)41)20-29-26(19-25(3)9-2)12-10-13-31(29)40)35(44-36)46-22-27-14-15-28(23-46)47(27)37(48)50-38(4,5)6/h9-10,12-13,19,21,27-28H,2,8,11,14-18,20,22-24H2,1,3-7H3/b25-19-. The molecule has 50 heavy (non-hydrogen) atoms. The van der Waals surface area contributed by atoms with Crippen molar-refractivity contribution in [3.05, 3.63) is 70.3 Å². The van der Waals surface area contributed by atoms with Crippen molar-refractivity contribution in [3.63, 3.8) is 0 Å². The van der Waals surface area contributed by atoms with E-state index in [1.54, 1.807) is 18.3 Å². The highest BCUT2D eigenvalue weighted by molar-refractivity contribution is 6.31. The first kappa shape index (κ1) is 36.0. The van der Waals surface area contributed by atoms with Gasteiger partial charge in [-0.2, -0.15) is 9.97 Å². The topological polar surface area (TPSA) is 83.9 Å². The van der Waals surface area contributed by atoms with Gasteiger partial charge in [0.25, 0.3) is 0 Å². The van der Waals surface area contributed by atoms with Crippen LogP contribution in [-0.4, -0.2) is 87.4 Å². The van der Waals surface area contributed by atoms with Crippen molar-refractivity contribution in [2.75, 3.05) is 38.2 Å². The van der Waals surface area contributed by atoms with Gasteiger partial charge >= 0.3 is 12.1 Å². The van der Waals surface area contributed by atoms with Crippen molar-refractivity contribution in [1.82, 2.24) is 24.8 Å². The van der Waals surface area contributed by atoms with E-state index in [0.717, 1.165) is 61.8 Å². The van der Waals surface area contributed by atoms with Crippen molar-refractivity contribution in [2.45, 2.75) is 103 Å². The molecule has 6 rings (SSSR count). The quantitative estimate of drug-likeness (QED) is 0.195. The van der Waals surface area contributed by atoms with Gasteiger partial charge in [-0.05, 0) is 90.6 Å². The fourth-order valence-corrected chi connectivity index (χ4v) is 8.10. The Hall–Kier alpha value is -3.76. The molecule has 3 aromatic rings. The number of ether oxygens (including phenoxy) is 2. The molecular weight excluding hydrogens is 655 g/mol. The number of nitrogens with zero attached hydrogens (tertiary/aromatic N) is 6. The Morgan fingerprint density at radius 2 is 1.94 bits per heavy atom. The molecule has 1 amide bonds. The number of amides is 1. The number of aromatic nitrogens is 3. The minimum Gasteiger partial charge on any atom is -0.461 e. The minimum absolute atomic E-state index is 0.0549. The third-order valence-corrected chi connectivity index (χ3v) is 10.8. The molecule has 5 heterocycles. The number of hydrogen-bond acceptors (Lipinski definition) is 8.